The summed E-state index contributed by atoms with van der Waals surface area (Å²) in [7, 11) is 0. The molecule has 0 aromatic heterocycles. The largest absolute Gasteiger partial charge is 0.435 e. The van der Waals surface area contributed by atoms with Crippen LogP contribution < -0.4 is 20.7 Å². The maximum absolute atomic E-state index is 12.8. The molecule has 2 amide bonds. The van der Waals surface area contributed by atoms with Gasteiger partial charge in [0.25, 0.3) is 0 Å². The Balaban J connectivity index is 1.59. The predicted octanol–water partition coefficient (Wildman–Crippen LogP) is 2.42. The van der Waals surface area contributed by atoms with Crippen LogP contribution in [0.5, 0.6) is 5.75 Å². The molecule has 1 saturated carbocycles. The van der Waals surface area contributed by atoms with E-state index in [0.29, 0.717) is 25.1 Å². The summed E-state index contributed by atoms with van der Waals surface area (Å²) >= 11 is 0. The molecular weight excluding hydrogens is 356 g/mol. The molecule has 6 nitrogen and oxygen atoms in total. The summed E-state index contributed by atoms with van der Waals surface area (Å²) < 4.78 is 28.8. The van der Waals surface area contributed by atoms with Crippen molar-refractivity contribution in [1.82, 2.24) is 5.32 Å². The van der Waals surface area contributed by atoms with Crippen LogP contribution in [0.2, 0.25) is 0 Å². The highest BCUT2D eigenvalue weighted by Gasteiger charge is 2.32. The molecule has 2 fully saturated rings. The van der Waals surface area contributed by atoms with Gasteiger partial charge in [0.15, 0.2) is 0 Å². The number of carbonyl (C=O) groups excluding carboxylic acids is 2. The Hall–Kier alpha value is -2.22. The lowest BCUT2D eigenvalue weighted by Gasteiger charge is -2.33. The maximum atomic E-state index is 12.8. The number of hydrogen-bond acceptors (Lipinski definition) is 4. The van der Waals surface area contributed by atoms with Crippen molar-refractivity contribution >= 4 is 17.5 Å². The van der Waals surface area contributed by atoms with Gasteiger partial charge in [-0.15, -0.1) is 0 Å². The van der Waals surface area contributed by atoms with Gasteiger partial charge in [-0.05, 0) is 55.9 Å². The van der Waals surface area contributed by atoms with Crippen LogP contribution in [0.3, 0.4) is 0 Å². The average Bonchev–Trinajstić information content (AvgIpc) is 3.02. The van der Waals surface area contributed by atoms with E-state index in [1.54, 1.807) is 17.0 Å². The zero-order valence-corrected chi connectivity index (χ0v) is 15.1. The van der Waals surface area contributed by atoms with E-state index < -0.39 is 12.7 Å². The number of nitrogens with two attached hydrogens (primary N) is 1. The van der Waals surface area contributed by atoms with Gasteiger partial charge in [0.2, 0.25) is 11.8 Å². The fraction of sp³-hybridized carbons (Fsp3) is 0.579. The van der Waals surface area contributed by atoms with Crippen molar-refractivity contribution in [2.24, 2.45) is 11.7 Å². The normalized spacial score (nSPS) is 25.7. The van der Waals surface area contributed by atoms with Gasteiger partial charge in [-0.1, -0.05) is 6.42 Å². The van der Waals surface area contributed by atoms with Crippen LogP contribution in [0.4, 0.5) is 14.5 Å². The van der Waals surface area contributed by atoms with E-state index in [1.165, 1.54) is 12.1 Å². The number of halogens is 2. The predicted molar refractivity (Wildman–Crippen MR) is 96.5 cm³/mol. The second-order valence-electron chi connectivity index (χ2n) is 7.18. The molecule has 2 aliphatic rings. The molecule has 8 heteroatoms. The highest BCUT2D eigenvalue weighted by atomic mass is 19.3. The van der Waals surface area contributed by atoms with E-state index in [1.807, 2.05) is 0 Å². The summed E-state index contributed by atoms with van der Waals surface area (Å²) in [5, 5.41) is 2.84. The zero-order chi connectivity index (χ0) is 19.4. The Morgan fingerprint density at radius 1 is 1.22 bits per heavy atom. The van der Waals surface area contributed by atoms with E-state index in [2.05, 4.69) is 10.1 Å². The molecule has 0 radical (unpaired) electrons. The summed E-state index contributed by atoms with van der Waals surface area (Å²) in [6, 6.07) is 5.43. The van der Waals surface area contributed by atoms with E-state index in [9.17, 15) is 18.4 Å². The number of nitrogens with one attached hydrogen (secondary N) is 1. The van der Waals surface area contributed by atoms with Gasteiger partial charge in [0, 0.05) is 24.7 Å². The topological polar surface area (TPSA) is 84.7 Å². The third-order valence-corrected chi connectivity index (χ3v) is 5.31. The summed E-state index contributed by atoms with van der Waals surface area (Å²) in [5.41, 5.74) is 6.61. The molecule has 3 N–H and O–H groups in total. The monoisotopic (exact) mass is 381 g/mol. The standard InChI is InChI=1S/C19H25F2N3O3/c20-19(21)27-14-8-6-13(7-9-14)24-10-2-5-16(18(24)26)23-17(25)11-12-3-1-4-15(12)22/h6-9,12,15-16,19H,1-5,10-11,22H2,(H,23,25)/t12-,15+,16?/m0/s1. The first-order valence-electron chi connectivity index (χ1n) is 9.35. The van der Waals surface area contributed by atoms with Gasteiger partial charge in [0.05, 0.1) is 0 Å². The zero-order valence-electron chi connectivity index (χ0n) is 15.1. The first kappa shape index (κ1) is 19.5. The number of amides is 2. The van der Waals surface area contributed by atoms with Gasteiger partial charge in [-0.25, -0.2) is 0 Å². The van der Waals surface area contributed by atoms with Gasteiger partial charge in [-0.3, -0.25) is 9.59 Å². The van der Waals surface area contributed by atoms with Crippen molar-refractivity contribution in [3.05, 3.63) is 24.3 Å². The number of alkyl halides is 2. The second-order valence-corrected chi connectivity index (χ2v) is 7.18. The minimum absolute atomic E-state index is 0.0379. The summed E-state index contributed by atoms with van der Waals surface area (Å²) in [6.45, 7) is -2.37. The molecule has 1 unspecified atom stereocenters. The molecule has 0 bridgehead atoms. The molecule has 148 valence electrons. The van der Waals surface area contributed by atoms with Crippen LogP contribution in [0, 0.1) is 5.92 Å². The molecule has 1 aliphatic carbocycles. The molecule has 3 atom stereocenters. The van der Waals surface area contributed by atoms with E-state index in [-0.39, 0.29) is 29.5 Å². The lowest BCUT2D eigenvalue weighted by molar-refractivity contribution is -0.129. The Morgan fingerprint density at radius 2 is 1.96 bits per heavy atom. The van der Waals surface area contributed by atoms with Gasteiger partial charge >= 0.3 is 6.61 Å². The van der Waals surface area contributed by atoms with Crippen LogP contribution in [-0.2, 0) is 9.59 Å². The summed E-state index contributed by atoms with van der Waals surface area (Å²) in [6.07, 6.45) is 4.62. The number of rotatable bonds is 6. The minimum atomic E-state index is -2.89. The van der Waals surface area contributed by atoms with Crippen LogP contribution in [0.15, 0.2) is 24.3 Å². The highest BCUT2D eigenvalue weighted by Crippen LogP contribution is 2.27. The molecule has 1 saturated heterocycles. The SMILES string of the molecule is N[C@@H]1CCC[C@H]1CC(=O)NC1CCCN(c2ccc(OC(F)F)cc2)C1=O. The Morgan fingerprint density at radius 3 is 2.59 bits per heavy atom. The van der Waals surface area contributed by atoms with Crippen LogP contribution >= 0.6 is 0 Å². The van der Waals surface area contributed by atoms with E-state index in [0.717, 1.165) is 25.7 Å². The lowest BCUT2D eigenvalue weighted by atomic mass is 9.98. The van der Waals surface area contributed by atoms with Gasteiger partial charge < -0.3 is 20.7 Å². The number of anilines is 1. The molecule has 1 aliphatic heterocycles. The third-order valence-electron chi connectivity index (χ3n) is 5.31. The third kappa shape index (κ3) is 4.94. The molecule has 1 aromatic rings. The van der Waals surface area contributed by atoms with Crippen LogP contribution in [0.25, 0.3) is 0 Å². The molecule has 1 aromatic carbocycles. The summed E-state index contributed by atoms with van der Waals surface area (Å²) in [4.78, 5) is 26.7. The minimum Gasteiger partial charge on any atom is -0.435 e. The van der Waals surface area contributed by atoms with Crippen molar-refractivity contribution in [3.63, 3.8) is 0 Å². The Bertz CT molecular complexity index is 669. The Kier molecular flexibility index (Phi) is 6.26. The first-order valence-corrected chi connectivity index (χ1v) is 9.35. The summed E-state index contributed by atoms with van der Waals surface area (Å²) in [5.74, 6) is -0.107. The van der Waals surface area contributed by atoms with Crippen molar-refractivity contribution in [3.8, 4) is 5.75 Å². The number of carbonyl (C=O) groups is 2. The molecule has 27 heavy (non-hydrogen) atoms. The molecule has 0 spiro atoms. The van der Waals surface area contributed by atoms with Crippen LogP contribution in [-0.4, -0.2) is 37.1 Å². The molecule has 3 rings (SSSR count). The number of ether oxygens (including phenoxy) is 1. The average molecular weight is 381 g/mol. The lowest BCUT2D eigenvalue weighted by Crippen LogP contribution is -2.52. The molecule has 1 heterocycles. The Labute approximate surface area is 157 Å². The first-order chi connectivity index (χ1) is 12.9. The van der Waals surface area contributed by atoms with Crippen molar-refractivity contribution in [1.29, 1.82) is 0 Å². The molecular formula is C19H25F2N3O3. The fourth-order valence-electron chi connectivity index (χ4n) is 3.88. The smallest absolute Gasteiger partial charge is 0.387 e. The number of piperidine rings is 1. The number of benzene rings is 1. The van der Waals surface area contributed by atoms with Crippen molar-refractivity contribution in [2.45, 2.75) is 57.2 Å². The highest BCUT2D eigenvalue weighted by molar-refractivity contribution is 5.99. The number of nitrogens with zero attached hydrogens (tertiary/aromatic N) is 1. The van der Waals surface area contributed by atoms with Crippen molar-refractivity contribution in [2.75, 3.05) is 11.4 Å². The van der Waals surface area contributed by atoms with Crippen molar-refractivity contribution < 1.29 is 23.1 Å². The number of hydrogen-bond donors (Lipinski definition) is 2. The van der Waals surface area contributed by atoms with E-state index in [4.69, 9.17) is 5.73 Å². The quantitative estimate of drug-likeness (QED) is 0.793. The fourth-order valence-corrected chi connectivity index (χ4v) is 3.88. The van der Waals surface area contributed by atoms with Gasteiger partial charge in [-0.2, -0.15) is 8.78 Å². The van der Waals surface area contributed by atoms with E-state index >= 15 is 0 Å². The van der Waals surface area contributed by atoms with Crippen LogP contribution in [0.1, 0.15) is 38.5 Å². The maximum Gasteiger partial charge on any atom is 0.387 e. The second kappa shape index (κ2) is 8.65. The van der Waals surface area contributed by atoms with Gasteiger partial charge in [0.1, 0.15) is 11.8 Å².